The number of hydrogen-bond donors (Lipinski definition) is 3. The molecule has 1 fully saturated rings. The van der Waals surface area contributed by atoms with Gasteiger partial charge in [0.15, 0.2) is 8.24 Å². The van der Waals surface area contributed by atoms with Crippen molar-refractivity contribution in [2.45, 2.75) is 96.4 Å². The summed E-state index contributed by atoms with van der Waals surface area (Å²) in [5.74, 6) is 0.0418. The molecule has 2 aliphatic heterocycles. The minimum Gasteiger partial charge on any atom is -0.380 e. The molecule has 226 valence electrons. The van der Waals surface area contributed by atoms with E-state index in [1.165, 1.54) is 15.8 Å². The molecule has 3 heterocycles. The number of hydroxylamine groups is 3. The summed E-state index contributed by atoms with van der Waals surface area (Å²) in [5, 5.41) is 4.83. The second-order valence-corrected chi connectivity index (χ2v) is 24.0. The van der Waals surface area contributed by atoms with Crippen LogP contribution in [-0.2, 0) is 30.5 Å². The van der Waals surface area contributed by atoms with Crippen LogP contribution in [0.15, 0.2) is 11.2 Å². The first-order valence-electron chi connectivity index (χ1n) is 13.0. The lowest BCUT2D eigenvalue weighted by Gasteiger charge is -2.38. The number of nitrogens with zero attached hydrogens (tertiary/aromatic N) is 5. The maximum absolute atomic E-state index is 13.4. The molecule has 2 atom stereocenters. The van der Waals surface area contributed by atoms with Gasteiger partial charge in [0.2, 0.25) is 14.2 Å². The van der Waals surface area contributed by atoms with E-state index < -0.39 is 45.1 Å². The van der Waals surface area contributed by atoms with Crippen molar-refractivity contribution in [3.05, 3.63) is 17.5 Å². The molecule has 0 spiro atoms. The number of nitrogens with one attached hydrogen (secondary N) is 2. The number of aliphatic imine (C=N–C) groups is 1. The van der Waals surface area contributed by atoms with Gasteiger partial charge in [-0.3, -0.25) is 24.5 Å². The molecule has 14 nitrogen and oxygen atoms in total. The number of urea groups is 1. The molecule has 3 N–H and O–H groups in total. The monoisotopic (exact) mass is 617 g/mol. The number of hydrogen-bond acceptors (Lipinski definition) is 8. The van der Waals surface area contributed by atoms with Crippen LogP contribution in [0.1, 0.15) is 64.9 Å². The van der Waals surface area contributed by atoms with Crippen molar-refractivity contribution >= 4 is 44.7 Å². The Balaban J connectivity index is 2.05. The topological polar surface area (TPSA) is 168 Å². The molecule has 0 radical (unpaired) electrons. The van der Waals surface area contributed by atoms with Crippen LogP contribution in [0.2, 0.25) is 36.3 Å². The van der Waals surface area contributed by atoms with Gasteiger partial charge >= 0.3 is 16.4 Å². The van der Waals surface area contributed by atoms with Crippen LogP contribution in [0.5, 0.6) is 0 Å². The van der Waals surface area contributed by atoms with Crippen molar-refractivity contribution in [3.8, 4) is 0 Å². The minimum atomic E-state index is -4.99. The fourth-order valence-electron chi connectivity index (χ4n) is 4.01. The Labute approximate surface area is 238 Å². The average molecular weight is 618 g/mol. The van der Waals surface area contributed by atoms with Crippen molar-refractivity contribution < 1.29 is 31.4 Å². The molecule has 0 saturated carbocycles. The lowest BCUT2D eigenvalue weighted by atomic mass is 9.97. The Morgan fingerprint density at radius 1 is 1.18 bits per heavy atom. The fourth-order valence-corrected chi connectivity index (χ4v) is 6.20. The van der Waals surface area contributed by atoms with E-state index in [-0.39, 0.29) is 34.9 Å². The van der Waals surface area contributed by atoms with Gasteiger partial charge in [-0.25, -0.2) is 4.79 Å². The van der Waals surface area contributed by atoms with E-state index >= 15 is 0 Å². The zero-order valence-electron chi connectivity index (χ0n) is 25.2. The van der Waals surface area contributed by atoms with E-state index in [1.54, 1.807) is 7.05 Å². The lowest BCUT2D eigenvalue weighted by Crippen LogP contribution is -2.55. The molecular formula is C23H43N7O7SSi2. The molecule has 0 aromatic carbocycles. The van der Waals surface area contributed by atoms with Crippen molar-refractivity contribution in [1.82, 2.24) is 30.2 Å². The highest BCUT2D eigenvalue weighted by Gasteiger charge is 2.54. The predicted octanol–water partition coefficient (Wildman–Crippen LogP) is 3.13. The first-order valence-corrected chi connectivity index (χ1v) is 20.3. The Morgan fingerprint density at radius 2 is 1.77 bits per heavy atom. The van der Waals surface area contributed by atoms with Crippen LogP contribution in [-0.4, -0.2) is 80.6 Å². The summed E-state index contributed by atoms with van der Waals surface area (Å²) in [6.07, 6.45) is 1.48. The van der Waals surface area contributed by atoms with E-state index in [4.69, 9.17) is 4.53 Å². The van der Waals surface area contributed by atoms with E-state index in [2.05, 4.69) is 79.5 Å². The van der Waals surface area contributed by atoms with Crippen LogP contribution < -0.4 is 10.5 Å². The number of fused-ring (bicyclic) bond motifs is 4. The molecule has 2 aliphatic rings. The van der Waals surface area contributed by atoms with Crippen molar-refractivity contribution in [2.24, 2.45) is 4.99 Å². The van der Waals surface area contributed by atoms with Crippen LogP contribution in [0.25, 0.3) is 0 Å². The molecule has 3 rings (SSSR count). The van der Waals surface area contributed by atoms with Crippen LogP contribution >= 0.6 is 0 Å². The molecule has 0 aliphatic carbocycles. The highest BCUT2D eigenvalue weighted by molar-refractivity contribution is 7.80. The molecule has 1 aromatic heterocycles. The summed E-state index contributed by atoms with van der Waals surface area (Å²) in [7, 11) is -7.94. The summed E-state index contributed by atoms with van der Waals surface area (Å²) < 4.78 is 44.9. The number of amidine groups is 1. The standard InChI is InChI=1S/C23H43N7O7SSi2/c1-22(2,3)39(8,9)27-17(31)14-29-18-15(12-25-29)16-13-28(21(32)30(16)37-38(33,34)35)19(18)20(24-7)26-36-40(10,11)23(4,5)6/h12,16,19H,13-14H2,1-11H3,(H,24,26)(H,27,31)(H,33,34,35)/t16-,19-/m0/s1. The van der Waals surface area contributed by atoms with Gasteiger partial charge in [0.05, 0.1) is 18.4 Å². The second kappa shape index (κ2) is 10.5. The van der Waals surface area contributed by atoms with Gasteiger partial charge in [-0.05, 0) is 23.2 Å². The van der Waals surface area contributed by atoms with E-state index in [0.29, 0.717) is 16.3 Å². The molecule has 40 heavy (non-hydrogen) atoms. The van der Waals surface area contributed by atoms with Crippen molar-refractivity contribution in [3.63, 3.8) is 0 Å². The van der Waals surface area contributed by atoms with Gasteiger partial charge in [-0.15, -0.1) is 4.28 Å². The fraction of sp³-hybridized carbons (Fsp3) is 0.739. The highest BCUT2D eigenvalue weighted by Crippen LogP contribution is 2.45. The second-order valence-electron chi connectivity index (χ2n) is 13.3. The average Bonchev–Trinajstić information content (AvgIpc) is 3.28. The number of carbonyl (C=O) groups excluding carboxylic acids is 2. The molecule has 2 bridgehead atoms. The SMILES string of the molecule is CN=C(NO[Si](C)(C)C(C)(C)C)[C@@H]1c2c(cnn2CC(=O)N[Si](C)(C)C(C)(C)C)[C@@H]2CN1C(=O)N2OS(=O)(=O)O. The molecule has 1 aromatic rings. The number of amides is 3. The summed E-state index contributed by atoms with van der Waals surface area (Å²) in [6, 6.07) is -2.58. The molecule has 3 amide bonds. The molecule has 17 heteroatoms. The quantitative estimate of drug-likeness (QED) is 0.130. The van der Waals surface area contributed by atoms with Crippen molar-refractivity contribution in [2.75, 3.05) is 13.6 Å². The zero-order valence-corrected chi connectivity index (χ0v) is 28.0. The van der Waals surface area contributed by atoms with Crippen LogP contribution in [0.3, 0.4) is 0 Å². The minimum absolute atomic E-state index is 0.0364. The van der Waals surface area contributed by atoms with Gasteiger partial charge in [0.1, 0.15) is 24.5 Å². The number of aromatic nitrogens is 2. The Morgan fingerprint density at radius 3 is 2.27 bits per heavy atom. The third kappa shape index (κ3) is 6.28. The number of carbonyl (C=O) groups is 2. The normalized spacial score (nSPS) is 20.6. The largest absolute Gasteiger partial charge is 0.418 e. The Bertz CT molecular complexity index is 1300. The summed E-state index contributed by atoms with van der Waals surface area (Å²) in [4.78, 5) is 35.6. The molecular weight excluding hydrogens is 575 g/mol. The first-order chi connectivity index (χ1) is 18.0. The Hall–Kier alpha value is -2.32. The van der Waals surface area contributed by atoms with Crippen LogP contribution in [0.4, 0.5) is 4.79 Å². The maximum Gasteiger partial charge on any atom is 0.418 e. The van der Waals surface area contributed by atoms with Crippen molar-refractivity contribution in [1.29, 1.82) is 0 Å². The predicted molar refractivity (Wildman–Crippen MR) is 154 cm³/mol. The maximum atomic E-state index is 13.4. The van der Waals surface area contributed by atoms with Gasteiger partial charge in [-0.2, -0.15) is 18.6 Å². The van der Waals surface area contributed by atoms with E-state index in [0.717, 1.165) is 0 Å². The summed E-state index contributed by atoms with van der Waals surface area (Å²) >= 11 is 0. The van der Waals surface area contributed by atoms with Gasteiger partial charge in [0.25, 0.3) is 0 Å². The number of rotatable bonds is 8. The zero-order chi connectivity index (χ0) is 30.6. The van der Waals surface area contributed by atoms with Gasteiger partial charge < -0.3 is 14.4 Å². The van der Waals surface area contributed by atoms with Gasteiger partial charge in [-0.1, -0.05) is 54.6 Å². The van der Waals surface area contributed by atoms with Crippen LogP contribution in [0, 0.1) is 0 Å². The third-order valence-corrected chi connectivity index (χ3v) is 17.7. The summed E-state index contributed by atoms with van der Waals surface area (Å²) in [5.41, 5.74) is 3.90. The smallest absolute Gasteiger partial charge is 0.380 e. The Kier molecular flexibility index (Phi) is 8.46. The van der Waals surface area contributed by atoms with E-state index in [1.807, 2.05) is 13.1 Å². The third-order valence-electron chi connectivity index (χ3n) is 8.44. The summed E-state index contributed by atoms with van der Waals surface area (Å²) in [6.45, 7) is 20.7. The first kappa shape index (κ1) is 32.2. The van der Waals surface area contributed by atoms with Gasteiger partial charge in [0, 0.05) is 12.6 Å². The molecule has 0 unspecified atom stereocenters. The van der Waals surface area contributed by atoms with E-state index in [9.17, 15) is 22.6 Å². The lowest BCUT2D eigenvalue weighted by molar-refractivity contribution is -0.120. The molecule has 1 saturated heterocycles. The highest BCUT2D eigenvalue weighted by atomic mass is 32.3.